The van der Waals surface area contributed by atoms with E-state index in [0.29, 0.717) is 32.2 Å². The quantitative estimate of drug-likeness (QED) is 0.775. The minimum atomic E-state index is -0.137. The second kappa shape index (κ2) is 9.76. The van der Waals surface area contributed by atoms with E-state index in [1.54, 1.807) is 7.11 Å². The number of carbonyl (C=O) groups excluding carboxylic acids is 1. The van der Waals surface area contributed by atoms with E-state index < -0.39 is 0 Å². The molecular weight excluding hydrogens is 364 g/mol. The minimum absolute atomic E-state index is 0. The van der Waals surface area contributed by atoms with Crippen LogP contribution in [0.5, 0.6) is 5.75 Å². The zero-order valence-electron chi connectivity index (χ0n) is 16.5. The van der Waals surface area contributed by atoms with Crippen molar-refractivity contribution in [1.29, 1.82) is 0 Å². The standard InChI is InChI=1S/C21H32N2O3.ClH/c1-15-6-7-19(25-2)18(12-15)21(8-10-26-11-9-21)14-23-20(24)17-5-3-4-16(17)13-22;/h6-7,12,16-17H,3-5,8-11,13-14,22H2,1-2H3,(H,23,24);1H/t16-,17-;/m1./s1. The Bertz CT molecular complexity index is 632. The first-order valence-corrected chi connectivity index (χ1v) is 9.80. The third-order valence-electron chi connectivity index (χ3n) is 6.28. The van der Waals surface area contributed by atoms with Crippen molar-refractivity contribution >= 4 is 18.3 Å². The monoisotopic (exact) mass is 396 g/mol. The van der Waals surface area contributed by atoms with Gasteiger partial charge in [0.2, 0.25) is 5.91 Å². The zero-order chi connectivity index (χ0) is 18.6. The summed E-state index contributed by atoms with van der Waals surface area (Å²) in [7, 11) is 1.71. The first-order chi connectivity index (χ1) is 12.6. The molecule has 3 rings (SSSR count). The van der Waals surface area contributed by atoms with E-state index in [1.165, 1.54) is 11.1 Å². The van der Waals surface area contributed by atoms with Gasteiger partial charge in [-0.3, -0.25) is 4.79 Å². The van der Waals surface area contributed by atoms with E-state index >= 15 is 0 Å². The van der Waals surface area contributed by atoms with Crippen molar-refractivity contribution in [2.24, 2.45) is 17.6 Å². The van der Waals surface area contributed by atoms with Crippen LogP contribution in [-0.4, -0.2) is 39.3 Å². The van der Waals surface area contributed by atoms with Crippen LogP contribution in [0.4, 0.5) is 0 Å². The number of benzene rings is 1. The van der Waals surface area contributed by atoms with Crippen LogP contribution in [0, 0.1) is 18.8 Å². The van der Waals surface area contributed by atoms with E-state index in [9.17, 15) is 4.79 Å². The Hall–Kier alpha value is -1.30. The topological polar surface area (TPSA) is 73.6 Å². The molecule has 1 aromatic rings. The molecule has 1 aliphatic carbocycles. The number of carbonyl (C=O) groups is 1. The molecule has 6 heteroatoms. The summed E-state index contributed by atoms with van der Waals surface area (Å²) in [6.07, 6.45) is 4.90. The van der Waals surface area contributed by atoms with Crippen molar-refractivity contribution in [3.8, 4) is 5.75 Å². The molecule has 0 unspecified atom stereocenters. The summed E-state index contributed by atoms with van der Waals surface area (Å²) in [6.45, 7) is 4.74. The van der Waals surface area contributed by atoms with Gasteiger partial charge in [-0.25, -0.2) is 0 Å². The Balaban J connectivity index is 0.00000261. The maximum absolute atomic E-state index is 12.8. The normalized spacial score (nSPS) is 24.1. The minimum Gasteiger partial charge on any atom is -0.496 e. The lowest BCUT2D eigenvalue weighted by Gasteiger charge is -2.39. The van der Waals surface area contributed by atoms with Gasteiger partial charge in [-0.2, -0.15) is 0 Å². The van der Waals surface area contributed by atoms with Gasteiger partial charge in [0, 0.05) is 36.7 Å². The van der Waals surface area contributed by atoms with E-state index in [-0.39, 0.29) is 29.6 Å². The highest BCUT2D eigenvalue weighted by Gasteiger charge is 2.39. The summed E-state index contributed by atoms with van der Waals surface area (Å²) >= 11 is 0. The van der Waals surface area contributed by atoms with Gasteiger partial charge in [0.15, 0.2) is 0 Å². The maximum Gasteiger partial charge on any atom is 0.223 e. The van der Waals surface area contributed by atoms with Crippen LogP contribution in [0.1, 0.15) is 43.2 Å². The van der Waals surface area contributed by atoms with Crippen LogP contribution in [0.2, 0.25) is 0 Å². The molecule has 1 saturated carbocycles. The lowest BCUT2D eigenvalue weighted by molar-refractivity contribution is -0.126. The molecule has 2 atom stereocenters. The van der Waals surface area contributed by atoms with Crippen LogP contribution < -0.4 is 15.8 Å². The molecule has 27 heavy (non-hydrogen) atoms. The predicted octanol–water partition coefficient (Wildman–Crippen LogP) is 2.96. The molecule has 2 fully saturated rings. The highest BCUT2D eigenvalue weighted by molar-refractivity contribution is 5.85. The molecule has 1 aliphatic heterocycles. The van der Waals surface area contributed by atoms with Crippen LogP contribution in [0.3, 0.4) is 0 Å². The van der Waals surface area contributed by atoms with Crippen molar-refractivity contribution < 1.29 is 14.3 Å². The second-order valence-electron chi connectivity index (χ2n) is 7.85. The van der Waals surface area contributed by atoms with Crippen LogP contribution in [0.15, 0.2) is 18.2 Å². The maximum atomic E-state index is 12.8. The second-order valence-corrected chi connectivity index (χ2v) is 7.85. The number of nitrogens with one attached hydrogen (secondary N) is 1. The van der Waals surface area contributed by atoms with Crippen LogP contribution in [-0.2, 0) is 14.9 Å². The van der Waals surface area contributed by atoms with Crippen LogP contribution in [0.25, 0.3) is 0 Å². The zero-order valence-corrected chi connectivity index (χ0v) is 17.3. The Kier molecular flexibility index (Phi) is 7.95. The number of hydrogen-bond donors (Lipinski definition) is 2. The average molecular weight is 397 g/mol. The molecule has 1 aromatic carbocycles. The van der Waals surface area contributed by atoms with E-state index in [1.807, 2.05) is 6.07 Å². The molecule has 1 amide bonds. The summed E-state index contributed by atoms with van der Waals surface area (Å²) in [5, 5.41) is 3.26. The van der Waals surface area contributed by atoms with E-state index in [4.69, 9.17) is 15.2 Å². The summed E-state index contributed by atoms with van der Waals surface area (Å²) < 4.78 is 11.3. The van der Waals surface area contributed by atoms with E-state index in [0.717, 1.165) is 37.9 Å². The molecule has 0 bridgehead atoms. The van der Waals surface area contributed by atoms with Gasteiger partial charge in [-0.1, -0.05) is 24.1 Å². The fraction of sp³-hybridized carbons (Fsp3) is 0.667. The third kappa shape index (κ3) is 4.76. The molecule has 0 spiro atoms. The van der Waals surface area contributed by atoms with Gasteiger partial charge in [-0.05, 0) is 51.1 Å². The highest BCUT2D eigenvalue weighted by Crippen LogP contribution is 2.40. The Labute approximate surface area is 168 Å². The van der Waals surface area contributed by atoms with Gasteiger partial charge in [0.05, 0.1) is 7.11 Å². The summed E-state index contributed by atoms with van der Waals surface area (Å²) in [5.41, 5.74) is 8.11. The molecule has 2 aliphatic rings. The molecule has 5 nitrogen and oxygen atoms in total. The fourth-order valence-corrected chi connectivity index (χ4v) is 4.59. The molecule has 3 N–H and O–H groups in total. The molecule has 1 saturated heterocycles. The lowest BCUT2D eigenvalue weighted by atomic mass is 9.73. The van der Waals surface area contributed by atoms with Gasteiger partial charge >= 0.3 is 0 Å². The van der Waals surface area contributed by atoms with Crippen LogP contribution >= 0.6 is 12.4 Å². The molecular formula is C21H33ClN2O3. The Morgan fingerprint density at radius 1 is 1.33 bits per heavy atom. The number of aryl methyl sites for hydroxylation is 1. The third-order valence-corrected chi connectivity index (χ3v) is 6.28. The summed E-state index contributed by atoms with van der Waals surface area (Å²) in [4.78, 5) is 12.8. The average Bonchev–Trinajstić information content (AvgIpc) is 3.16. The highest BCUT2D eigenvalue weighted by atomic mass is 35.5. The smallest absolute Gasteiger partial charge is 0.223 e. The fourth-order valence-electron chi connectivity index (χ4n) is 4.59. The van der Waals surface area contributed by atoms with Crippen molar-refractivity contribution in [2.45, 2.75) is 44.4 Å². The molecule has 1 heterocycles. The lowest BCUT2D eigenvalue weighted by Crippen LogP contribution is -2.47. The number of amides is 1. The van der Waals surface area contributed by atoms with Crippen molar-refractivity contribution in [1.82, 2.24) is 5.32 Å². The summed E-state index contributed by atoms with van der Waals surface area (Å²) in [5.74, 6) is 1.45. The Morgan fingerprint density at radius 2 is 2.07 bits per heavy atom. The number of nitrogens with two attached hydrogens (primary N) is 1. The van der Waals surface area contributed by atoms with Crippen molar-refractivity contribution in [2.75, 3.05) is 33.4 Å². The number of halogens is 1. The number of rotatable bonds is 6. The van der Waals surface area contributed by atoms with Gasteiger partial charge in [-0.15, -0.1) is 12.4 Å². The number of methoxy groups -OCH3 is 1. The van der Waals surface area contributed by atoms with Crippen molar-refractivity contribution in [3.63, 3.8) is 0 Å². The van der Waals surface area contributed by atoms with Gasteiger partial charge in [0.25, 0.3) is 0 Å². The molecule has 0 aromatic heterocycles. The molecule has 0 radical (unpaired) electrons. The van der Waals surface area contributed by atoms with Crippen molar-refractivity contribution in [3.05, 3.63) is 29.3 Å². The van der Waals surface area contributed by atoms with E-state index in [2.05, 4.69) is 24.4 Å². The Morgan fingerprint density at radius 3 is 2.74 bits per heavy atom. The first-order valence-electron chi connectivity index (χ1n) is 9.80. The van der Waals surface area contributed by atoms with Gasteiger partial charge in [0.1, 0.15) is 5.75 Å². The predicted molar refractivity (Wildman–Crippen MR) is 110 cm³/mol. The van der Waals surface area contributed by atoms with Gasteiger partial charge < -0.3 is 20.5 Å². The SMILES string of the molecule is COc1ccc(C)cc1C1(CNC(=O)[C@@H]2CCC[C@@H]2CN)CCOCC1.Cl. The number of hydrogen-bond acceptors (Lipinski definition) is 4. The summed E-state index contributed by atoms with van der Waals surface area (Å²) in [6, 6.07) is 6.30. The molecule has 152 valence electrons. The number of ether oxygens (including phenoxy) is 2. The first kappa shape index (κ1) is 22.0. The largest absolute Gasteiger partial charge is 0.496 e.